The Morgan fingerprint density at radius 2 is 1.67 bits per heavy atom. The number of para-hydroxylation sites is 2. The van der Waals surface area contributed by atoms with E-state index in [1.54, 1.807) is 0 Å². The van der Waals surface area contributed by atoms with Gasteiger partial charge in [0.25, 0.3) is 5.91 Å². The van der Waals surface area contributed by atoms with Crippen LogP contribution in [0.4, 0.5) is 0 Å². The third-order valence-corrected chi connectivity index (χ3v) is 5.44. The molecule has 4 nitrogen and oxygen atoms in total. The predicted molar refractivity (Wildman–Crippen MR) is 122 cm³/mol. The van der Waals surface area contributed by atoms with Gasteiger partial charge < -0.3 is 9.88 Å². The van der Waals surface area contributed by atoms with Crippen molar-refractivity contribution in [3.63, 3.8) is 0 Å². The third-order valence-electron chi connectivity index (χ3n) is 5.44. The van der Waals surface area contributed by atoms with E-state index in [1.807, 2.05) is 49.4 Å². The Balaban J connectivity index is 1.58. The van der Waals surface area contributed by atoms with Crippen molar-refractivity contribution in [3.8, 4) is 0 Å². The van der Waals surface area contributed by atoms with Gasteiger partial charge in [-0.3, -0.25) is 4.79 Å². The van der Waals surface area contributed by atoms with Gasteiger partial charge in [0.15, 0.2) is 0 Å². The fourth-order valence-corrected chi connectivity index (χ4v) is 3.59. The van der Waals surface area contributed by atoms with Crippen molar-refractivity contribution < 1.29 is 4.79 Å². The van der Waals surface area contributed by atoms with E-state index in [2.05, 4.69) is 54.1 Å². The number of hydrogen-bond donors (Lipinski definition) is 1. The summed E-state index contributed by atoms with van der Waals surface area (Å²) in [6.45, 7) is 7.51. The standard InChI is InChI=1S/C26H27N3O/c1-18(2)21-14-10-20(11-15-21)17-29-24-7-5-4-6-23(24)28-25(29)16-27-26(30)22-12-8-19(3)9-13-22/h4-15,18H,16-17H2,1-3H3,(H,27,30). The lowest BCUT2D eigenvalue weighted by Crippen LogP contribution is -2.24. The summed E-state index contributed by atoms with van der Waals surface area (Å²) in [6.07, 6.45) is 0. The summed E-state index contributed by atoms with van der Waals surface area (Å²) in [5, 5.41) is 3.02. The van der Waals surface area contributed by atoms with Crippen LogP contribution in [0.15, 0.2) is 72.8 Å². The minimum absolute atomic E-state index is 0.0881. The first kappa shape index (κ1) is 19.9. The zero-order valence-electron chi connectivity index (χ0n) is 17.7. The molecule has 4 heteroatoms. The molecule has 0 unspecified atom stereocenters. The van der Waals surface area contributed by atoms with E-state index in [9.17, 15) is 4.79 Å². The van der Waals surface area contributed by atoms with Crippen molar-refractivity contribution >= 4 is 16.9 Å². The summed E-state index contributed by atoms with van der Waals surface area (Å²) in [7, 11) is 0. The number of carbonyl (C=O) groups is 1. The molecule has 0 bridgehead atoms. The Morgan fingerprint density at radius 1 is 0.967 bits per heavy atom. The Labute approximate surface area is 177 Å². The third kappa shape index (κ3) is 4.28. The summed E-state index contributed by atoms with van der Waals surface area (Å²) in [5.41, 5.74) is 6.36. The maximum atomic E-state index is 12.6. The van der Waals surface area contributed by atoms with Crippen molar-refractivity contribution in [1.82, 2.24) is 14.9 Å². The van der Waals surface area contributed by atoms with E-state index < -0.39 is 0 Å². The van der Waals surface area contributed by atoms with Gasteiger partial charge in [0.05, 0.1) is 17.6 Å². The highest BCUT2D eigenvalue weighted by atomic mass is 16.1. The molecule has 0 spiro atoms. The second-order valence-electron chi connectivity index (χ2n) is 8.05. The number of aryl methyl sites for hydroxylation is 1. The van der Waals surface area contributed by atoms with Crippen molar-refractivity contribution in [2.75, 3.05) is 0 Å². The van der Waals surface area contributed by atoms with Crippen LogP contribution in [0, 0.1) is 6.92 Å². The lowest BCUT2D eigenvalue weighted by molar-refractivity contribution is 0.0949. The van der Waals surface area contributed by atoms with Crippen molar-refractivity contribution in [3.05, 3.63) is 101 Å². The number of amides is 1. The molecule has 4 aromatic rings. The van der Waals surface area contributed by atoms with Crippen molar-refractivity contribution in [2.45, 2.75) is 39.8 Å². The number of fused-ring (bicyclic) bond motifs is 1. The number of benzene rings is 3. The second-order valence-corrected chi connectivity index (χ2v) is 8.05. The highest BCUT2D eigenvalue weighted by molar-refractivity contribution is 5.94. The normalized spacial score (nSPS) is 11.2. The summed E-state index contributed by atoms with van der Waals surface area (Å²) in [6, 6.07) is 24.5. The van der Waals surface area contributed by atoms with Crippen LogP contribution in [0.3, 0.4) is 0 Å². The Morgan fingerprint density at radius 3 is 2.37 bits per heavy atom. The van der Waals surface area contributed by atoms with Gasteiger partial charge in [-0.05, 0) is 48.2 Å². The van der Waals surface area contributed by atoms with Crippen LogP contribution < -0.4 is 5.32 Å². The number of aromatic nitrogens is 2. The van der Waals surface area contributed by atoms with Crippen LogP contribution in [0.5, 0.6) is 0 Å². The second kappa shape index (κ2) is 8.54. The number of carbonyl (C=O) groups excluding carboxylic acids is 1. The predicted octanol–water partition coefficient (Wildman–Crippen LogP) is 5.45. The minimum Gasteiger partial charge on any atom is -0.345 e. The molecule has 1 aromatic heterocycles. The molecular formula is C26H27N3O. The largest absolute Gasteiger partial charge is 0.345 e. The number of rotatable bonds is 6. The molecule has 0 aliphatic carbocycles. The lowest BCUT2D eigenvalue weighted by Gasteiger charge is -2.12. The van der Waals surface area contributed by atoms with Gasteiger partial charge in [0.1, 0.15) is 5.82 Å². The van der Waals surface area contributed by atoms with E-state index >= 15 is 0 Å². The molecule has 0 radical (unpaired) electrons. The fraction of sp³-hybridized carbons (Fsp3) is 0.231. The van der Waals surface area contributed by atoms with Crippen LogP contribution in [-0.4, -0.2) is 15.5 Å². The molecular weight excluding hydrogens is 370 g/mol. The molecule has 0 saturated carbocycles. The molecule has 30 heavy (non-hydrogen) atoms. The van der Waals surface area contributed by atoms with E-state index in [0.717, 1.165) is 22.4 Å². The van der Waals surface area contributed by atoms with Crippen molar-refractivity contribution in [2.24, 2.45) is 0 Å². The van der Waals surface area contributed by atoms with Crippen LogP contribution in [0.1, 0.15) is 52.6 Å². The SMILES string of the molecule is Cc1ccc(C(=O)NCc2nc3ccccc3n2Cc2ccc(C(C)C)cc2)cc1. The van der Waals surface area contributed by atoms with Gasteiger partial charge in [-0.25, -0.2) is 4.98 Å². The molecule has 3 aromatic carbocycles. The summed E-state index contributed by atoms with van der Waals surface area (Å²) in [5.74, 6) is 1.28. The van der Waals surface area contributed by atoms with E-state index in [4.69, 9.17) is 4.98 Å². The number of nitrogens with zero attached hydrogens (tertiary/aromatic N) is 2. The average Bonchev–Trinajstić information content (AvgIpc) is 3.10. The van der Waals surface area contributed by atoms with Crippen molar-refractivity contribution in [1.29, 1.82) is 0 Å². The van der Waals surface area contributed by atoms with Gasteiger partial charge in [0, 0.05) is 12.1 Å². The molecule has 1 amide bonds. The number of hydrogen-bond acceptors (Lipinski definition) is 2. The monoisotopic (exact) mass is 397 g/mol. The van der Waals surface area contributed by atoms with E-state index in [-0.39, 0.29) is 5.91 Å². The fourth-order valence-electron chi connectivity index (χ4n) is 3.59. The van der Waals surface area contributed by atoms with Crippen LogP contribution in [0.2, 0.25) is 0 Å². The maximum absolute atomic E-state index is 12.6. The summed E-state index contributed by atoms with van der Waals surface area (Å²) >= 11 is 0. The Kier molecular flexibility index (Phi) is 5.66. The van der Waals surface area contributed by atoms with E-state index in [0.29, 0.717) is 24.6 Å². The first-order chi connectivity index (χ1) is 14.5. The smallest absolute Gasteiger partial charge is 0.251 e. The first-order valence-electron chi connectivity index (χ1n) is 10.4. The molecule has 1 N–H and O–H groups in total. The molecule has 0 aliphatic heterocycles. The van der Waals surface area contributed by atoms with Gasteiger partial charge >= 0.3 is 0 Å². The van der Waals surface area contributed by atoms with Gasteiger partial charge in [0.2, 0.25) is 0 Å². The molecule has 1 heterocycles. The quantitative estimate of drug-likeness (QED) is 0.470. The highest BCUT2D eigenvalue weighted by Gasteiger charge is 2.13. The van der Waals surface area contributed by atoms with Crippen LogP contribution in [0.25, 0.3) is 11.0 Å². The minimum atomic E-state index is -0.0881. The molecule has 0 fully saturated rings. The highest BCUT2D eigenvalue weighted by Crippen LogP contribution is 2.20. The number of nitrogens with one attached hydrogen (secondary N) is 1. The van der Waals surface area contributed by atoms with Gasteiger partial charge in [-0.2, -0.15) is 0 Å². The zero-order chi connectivity index (χ0) is 21.1. The Hall–Kier alpha value is -3.40. The topological polar surface area (TPSA) is 46.9 Å². The molecule has 0 atom stereocenters. The Bertz CT molecular complexity index is 1160. The number of imidazole rings is 1. The van der Waals surface area contributed by atoms with Crippen LogP contribution >= 0.6 is 0 Å². The molecule has 0 aliphatic rings. The van der Waals surface area contributed by atoms with Crippen LogP contribution in [-0.2, 0) is 13.1 Å². The zero-order valence-corrected chi connectivity index (χ0v) is 17.7. The van der Waals surface area contributed by atoms with E-state index in [1.165, 1.54) is 11.1 Å². The molecule has 0 saturated heterocycles. The molecule has 4 rings (SSSR count). The summed E-state index contributed by atoms with van der Waals surface area (Å²) in [4.78, 5) is 17.3. The average molecular weight is 398 g/mol. The summed E-state index contributed by atoms with van der Waals surface area (Å²) < 4.78 is 2.19. The molecule has 152 valence electrons. The maximum Gasteiger partial charge on any atom is 0.251 e. The lowest BCUT2D eigenvalue weighted by atomic mass is 10.0. The first-order valence-corrected chi connectivity index (χ1v) is 10.4. The van der Waals surface area contributed by atoms with Gasteiger partial charge in [-0.15, -0.1) is 0 Å². The van der Waals surface area contributed by atoms with Gasteiger partial charge in [-0.1, -0.05) is 67.9 Å².